The molecule has 0 unspecified atom stereocenters. The Labute approximate surface area is 125 Å². The third-order valence-electron chi connectivity index (χ3n) is 2.31. The summed E-state index contributed by atoms with van der Waals surface area (Å²) in [6, 6.07) is 10.4. The van der Waals surface area contributed by atoms with E-state index in [1.807, 2.05) is 12.1 Å². The van der Waals surface area contributed by atoms with Crippen LogP contribution in [-0.2, 0) is 6.61 Å². The van der Waals surface area contributed by atoms with Crippen molar-refractivity contribution in [2.45, 2.75) is 6.61 Å². The number of benzene rings is 2. The highest BCUT2D eigenvalue weighted by atomic mass is 35.5. The Morgan fingerprint density at radius 3 is 2.44 bits per heavy atom. The average molecular weight is 322 g/mol. The van der Waals surface area contributed by atoms with E-state index in [2.05, 4.69) is 0 Å². The van der Waals surface area contributed by atoms with E-state index in [1.165, 1.54) is 0 Å². The van der Waals surface area contributed by atoms with Crippen molar-refractivity contribution in [1.82, 2.24) is 0 Å². The molecule has 0 N–H and O–H groups in total. The molecule has 0 heterocycles. The molecule has 2 aromatic rings. The summed E-state index contributed by atoms with van der Waals surface area (Å²) in [7, 11) is 0. The number of halogens is 4. The van der Waals surface area contributed by atoms with Gasteiger partial charge in [0.2, 0.25) is 0 Å². The van der Waals surface area contributed by atoms with Gasteiger partial charge in [0, 0.05) is 16.7 Å². The van der Waals surface area contributed by atoms with Gasteiger partial charge in [-0.05, 0) is 18.2 Å². The summed E-state index contributed by atoms with van der Waals surface area (Å²) in [5, 5.41) is 2.04. The second kappa shape index (κ2) is 6.03. The maximum absolute atomic E-state index is 6.06. The highest BCUT2D eigenvalue weighted by molar-refractivity contribution is 6.42. The Morgan fingerprint density at radius 2 is 1.67 bits per heavy atom. The molecule has 2 rings (SSSR count). The predicted octanol–water partition coefficient (Wildman–Crippen LogP) is 5.88. The van der Waals surface area contributed by atoms with E-state index >= 15 is 0 Å². The summed E-state index contributed by atoms with van der Waals surface area (Å²) in [4.78, 5) is 0. The molecule has 0 fully saturated rings. The van der Waals surface area contributed by atoms with Gasteiger partial charge in [-0.3, -0.25) is 0 Å². The fraction of sp³-hybridized carbons (Fsp3) is 0.0769. The van der Waals surface area contributed by atoms with E-state index in [4.69, 9.17) is 51.1 Å². The van der Waals surface area contributed by atoms with Gasteiger partial charge in [-0.25, -0.2) is 0 Å². The third kappa shape index (κ3) is 3.24. The predicted molar refractivity (Wildman–Crippen MR) is 77.3 cm³/mol. The SMILES string of the molecule is Clc1ccc(Cl)c(OCc2cccc(Cl)c2Cl)c1. The number of ether oxygens (including phenoxy) is 1. The average Bonchev–Trinajstić information content (AvgIpc) is 2.35. The Bertz CT molecular complexity index is 567. The van der Waals surface area contributed by atoms with Crippen molar-refractivity contribution < 1.29 is 4.74 Å². The van der Waals surface area contributed by atoms with Crippen LogP contribution in [0.15, 0.2) is 36.4 Å². The lowest BCUT2D eigenvalue weighted by Crippen LogP contribution is -1.97. The molecule has 0 aliphatic rings. The molecule has 0 atom stereocenters. The molecule has 0 radical (unpaired) electrons. The molecule has 2 aromatic carbocycles. The molecule has 94 valence electrons. The first-order valence-corrected chi connectivity index (χ1v) is 6.60. The van der Waals surface area contributed by atoms with Gasteiger partial charge in [0.25, 0.3) is 0 Å². The zero-order valence-electron chi connectivity index (χ0n) is 9.09. The van der Waals surface area contributed by atoms with Crippen LogP contribution in [0.2, 0.25) is 20.1 Å². The Kier molecular flexibility index (Phi) is 4.63. The highest BCUT2D eigenvalue weighted by Crippen LogP contribution is 2.30. The van der Waals surface area contributed by atoms with E-state index in [0.717, 1.165) is 5.56 Å². The molecule has 5 heteroatoms. The van der Waals surface area contributed by atoms with Gasteiger partial charge in [-0.2, -0.15) is 0 Å². The molecule has 0 spiro atoms. The second-order valence-corrected chi connectivity index (χ2v) is 5.21. The number of hydrogen-bond donors (Lipinski definition) is 0. The van der Waals surface area contributed by atoms with Crippen LogP contribution >= 0.6 is 46.4 Å². The lowest BCUT2D eigenvalue weighted by molar-refractivity contribution is 0.306. The topological polar surface area (TPSA) is 9.23 Å². The molecule has 0 aliphatic heterocycles. The molecule has 0 saturated carbocycles. The van der Waals surface area contributed by atoms with E-state index < -0.39 is 0 Å². The van der Waals surface area contributed by atoms with Crippen molar-refractivity contribution in [2.24, 2.45) is 0 Å². The molecule has 0 saturated heterocycles. The molecular weight excluding hydrogens is 314 g/mol. The normalized spacial score (nSPS) is 10.4. The molecule has 0 aromatic heterocycles. The second-order valence-electron chi connectivity index (χ2n) is 3.58. The van der Waals surface area contributed by atoms with Crippen molar-refractivity contribution >= 4 is 46.4 Å². The first-order valence-electron chi connectivity index (χ1n) is 5.08. The monoisotopic (exact) mass is 320 g/mol. The Hall–Kier alpha value is -0.600. The van der Waals surface area contributed by atoms with Crippen molar-refractivity contribution in [1.29, 1.82) is 0 Å². The molecule has 18 heavy (non-hydrogen) atoms. The van der Waals surface area contributed by atoms with Crippen LogP contribution in [0, 0.1) is 0 Å². The molecule has 0 amide bonds. The fourth-order valence-corrected chi connectivity index (χ4v) is 2.11. The molecule has 0 aliphatic carbocycles. The molecular formula is C13H8Cl4O. The Balaban J connectivity index is 2.16. The van der Waals surface area contributed by atoms with Gasteiger partial charge >= 0.3 is 0 Å². The summed E-state index contributed by atoms with van der Waals surface area (Å²) in [6.07, 6.45) is 0. The van der Waals surface area contributed by atoms with Crippen LogP contribution in [0.25, 0.3) is 0 Å². The van der Waals surface area contributed by atoms with Crippen molar-refractivity contribution in [2.75, 3.05) is 0 Å². The lowest BCUT2D eigenvalue weighted by Gasteiger charge is -2.10. The van der Waals surface area contributed by atoms with Crippen LogP contribution in [0.4, 0.5) is 0 Å². The maximum Gasteiger partial charge on any atom is 0.139 e. The van der Waals surface area contributed by atoms with Crippen molar-refractivity contribution in [3.8, 4) is 5.75 Å². The van der Waals surface area contributed by atoms with E-state index in [9.17, 15) is 0 Å². The molecule has 0 bridgehead atoms. The summed E-state index contributed by atoms with van der Waals surface area (Å²) in [5.41, 5.74) is 0.792. The smallest absolute Gasteiger partial charge is 0.139 e. The minimum Gasteiger partial charge on any atom is -0.487 e. The summed E-state index contributed by atoms with van der Waals surface area (Å²) >= 11 is 23.8. The van der Waals surface area contributed by atoms with Crippen LogP contribution in [0.3, 0.4) is 0 Å². The summed E-state index contributed by atoms with van der Waals surface area (Å²) in [5.74, 6) is 0.514. The van der Waals surface area contributed by atoms with E-state index in [1.54, 1.807) is 24.3 Å². The van der Waals surface area contributed by atoms with Crippen LogP contribution in [0.1, 0.15) is 5.56 Å². The minimum absolute atomic E-state index is 0.277. The number of rotatable bonds is 3. The fourth-order valence-electron chi connectivity index (χ4n) is 1.40. The van der Waals surface area contributed by atoms with Crippen molar-refractivity contribution in [3.05, 3.63) is 62.1 Å². The summed E-state index contributed by atoms with van der Waals surface area (Å²) in [6.45, 7) is 0.277. The van der Waals surface area contributed by atoms with Gasteiger partial charge in [0.05, 0.1) is 15.1 Å². The first kappa shape index (κ1) is 13.8. The largest absolute Gasteiger partial charge is 0.487 e. The zero-order chi connectivity index (χ0) is 13.1. The highest BCUT2D eigenvalue weighted by Gasteiger charge is 2.07. The van der Waals surface area contributed by atoms with Gasteiger partial charge in [-0.15, -0.1) is 0 Å². The third-order valence-corrected chi connectivity index (χ3v) is 3.71. The lowest BCUT2D eigenvalue weighted by atomic mass is 10.2. The quantitative estimate of drug-likeness (QED) is 0.686. The number of hydrogen-bond acceptors (Lipinski definition) is 1. The Morgan fingerprint density at radius 1 is 0.889 bits per heavy atom. The summed E-state index contributed by atoms with van der Waals surface area (Å²) < 4.78 is 5.58. The van der Waals surface area contributed by atoms with Gasteiger partial charge in [0.1, 0.15) is 12.4 Å². The standard InChI is InChI=1S/C13H8Cl4O/c14-9-4-5-10(15)12(6-9)18-7-8-2-1-3-11(16)13(8)17/h1-6H,7H2. The minimum atomic E-state index is 0.277. The van der Waals surface area contributed by atoms with E-state index in [0.29, 0.717) is 25.8 Å². The van der Waals surface area contributed by atoms with Crippen LogP contribution < -0.4 is 4.74 Å². The van der Waals surface area contributed by atoms with Crippen LogP contribution in [-0.4, -0.2) is 0 Å². The maximum atomic E-state index is 6.06. The zero-order valence-corrected chi connectivity index (χ0v) is 12.1. The van der Waals surface area contributed by atoms with Gasteiger partial charge in [0.15, 0.2) is 0 Å². The van der Waals surface area contributed by atoms with Crippen molar-refractivity contribution in [3.63, 3.8) is 0 Å². The van der Waals surface area contributed by atoms with Gasteiger partial charge in [-0.1, -0.05) is 58.5 Å². The molecule has 1 nitrogen and oxygen atoms in total. The first-order chi connectivity index (χ1) is 8.58. The van der Waals surface area contributed by atoms with Gasteiger partial charge < -0.3 is 4.74 Å². The van der Waals surface area contributed by atoms with Crippen LogP contribution in [0.5, 0.6) is 5.75 Å². The van der Waals surface area contributed by atoms with E-state index in [-0.39, 0.29) is 6.61 Å².